The highest BCUT2D eigenvalue weighted by Crippen LogP contribution is 2.40. The molecule has 4 rings (SSSR count). The fourth-order valence-corrected chi connectivity index (χ4v) is 5.06. The van der Waals surface area contributed by atoms with Crippen molar-refractivity contribution in [2.24, 2.45) is 0 Å². The number of amides is 1. The SMILES string of the molecule is O=C1c2ccccc2S(=O)(=O)N1C(c1ccccc1)c1ccc(Cl)cc1. The van der Waals surface area contributed by atoms with E-state index in [1.165, 1.54) is 6.07 Å². The molecule has 1 aliphatic rings. The Hall–Kier alpha value is -2.63. The first-order valence-electron chi connectivity index (χ1n) is 7.98. The van der Waals surface area contributed by atoms with Gasteiger partial charge in [-0.15, -0.1) is 0 Å². The fourth-order valence-electron chi connectivity index (χ4n) is 3.20. The van der Waals surface area contributed by atoms with Crippen LogP contribution in [0.3, 0.4) is 0 Å². The molecule has 0 bridgehead atoms. The van der Waals surface area contributed by atoms with Crippen LogP contribution >= 0.6 is 11.6 Å². The maximum Gasteiger partial charge on any atom is 0.269 e. The second-order valence-corrected chi connectivity index (χ2v) is 8.19. The Morgan fingerprint density at radius 3 is 2.00 bits per heavy atom. The quantitative estimate of drug-likeness (QED) is 0.678. The molecular weight excluding hydrogens is 370 g/mol. The average molecular weight is 384 g/mol. The third kappa shape index (κ3) is 2.60. The summed E-state index contributed by atoms with van der Waals surface area (Å²) in [5, 5.41) is 0.541. The van der Waals surface area contributed by atoms with Gasteiger partial charge in [-0.25, -0.2) is 12.7 Å². The van der Waals surface area contributed by atoms with E-state index in [4.69, 9.17) is 11.6 Å². The molecule has 0 fully saturated rings. The molecule has 0 spiro atoms. The van der Waals surface area contributed by atoms with Crippen LogP contribution in [0.1, 0.15) is 27.5 Å². The van der Waals surface area contributed by atoms with Crippen molar-refractivity contribution in [1.29, 1.82) is 0 Å². The lowest BCUT2D eigenvalue weighted by Gasteiger charge is -2.27. The van der Waals surface area contributed by atoms with Crippen molar-refractivity contribution in [3.8, 4) is 0 Å². The second-order valence-electron chi connectivity index (χ2n) is 5.97. The monoisotopic (exact) mass is 383 g/mol. The van der Waals surface area contributed by atoms with E-state index < -0.39 is 22.0 Å². The summed E-state index contributed by atoms with van der Waals surface area (Å²) in [7, 11) is -3.95. The van der Waals surface area contributed by atoms with Gasteiger partial charge in [0.1, 0.15) is 4.90 Å². The normalized spacial score (nSPS) is 16.3. The van der Waals surface area contributed by atoms with E-state index in [1.54, 1.807) is 42.5 Å². The van der Waals surface area contributed by atoms with Crippen LogP contribution in [-0.2, 0) is 10.0 Å². The second kappa shape index (κ2) is 6.27. The maximum atomic E-state index is 13.1. The van der Waals surface area contributed by atoms with Gasteiger partial charge in [0, 0.05) is 5.02 Å². The number of nitrogens with zero attached hydrogens (tertiary/aromatic N) is 1. The van der Waals surface area contributed by atoms with Gasteiger partial charge in [0.25, 0.3) is 15.9 Å². The number of halogens is 1. The van der Waals surface area contributed by atoms with Gasteiger partial charge < -0.3 is 0 Å². The van der Waals surface area contributed by atoms with Gasteiger partial charge in [-0.3, -0.25) is 4.79 Å². The molecule has 0 aliphatic carbocycles. The summed E-state index contributed by atoms with van der Waals surface area (Å²) in [5.74, 6) is -0.524. The van der Waals surface area contributed by atoms with Crippen molar-refractivity contribution in [2.75, 3.05) is 0 Å². The molecule has 0 radical (unpaired) electrons. The lowest BCUT2D eigenvalue weighted by Crippen LogP contribution is -2.35. The van der Waals surface area contributed by atoms with E-state index in [1.807, 2.05) is 30.3 Å². The lowest BCUT2D eigenvalue weighted by molar-refractivity contribution is 0.0846. The van der Waals surface area contributed by atoms with Crippen molar-refractivity contribution in [1.82, 2.24) is 4.31 Å². The predicted molar refractivity (Wildman–Crippen MR) is 99.5 cm³/mol. The molecule has 130 valence electrons. The largest absolute Gasteiger partial charge is 0.269 e. The minimum absolute atomic E-state index is 0.0416. The van der Waals surface area contributed by atoms with Crippen LogP contribution in [0.5, 0.6) is 0 Å². The molecule has 0 N–H and O–H groups in total. The van der Waals surface area contributed by atoms with E-state index in [0.29, 0.717) is 16.1 Å². The standard InChI is InChI=1S/C20H14ClNO3S/c21-16-12-10-15(11-13-16)19(14-6-2-1-3-7-14)22-20(23)17-8-4-5-9-18(17)26(22,24)25/h1-13,19H. The maximum absolute atomic E-state index is 13.1. The van der Waals surface area contributed by atoms with E-state index in [2.05, 4.69) is 0 Å². The van der Waals surface area contributed by atoms with Crippen molar-refractivity contribution in [2.45, 2.75) is 10.9 Å². The number of fused-ring (bicyclic) bond motifs is 1. The zero-order chi connectivity index (χ0) is 18.3. The molecule has 3 aromatic carbocycles. The van der Waals surface area contributed by atoms with Crippen molar-refractivity contribution in [3.63, 3.8) is 0 Å². The van der Waals surface area contributed by atoms with Crippen LogP contribution in [0.2, 0.25) is 5.02 Å². The summed E-state index contributed by atoms with van der Waals surface area (Å²) in [6.45, 7) is 0. The van der Waals surface area contributed by atoms with Crippen molar-refractivity contribution >= 4 is 27.5 Å². The van der Waals surface area contributed by atoms with Crippen molar-refractivity contribution in [3.05, 3.63) is 101 Å². The number of hydrogen-bond donors (Lipinski definition) is 0. The first-order chi connectivity index (χ1) is 12.5. The summed E-state index contributed by atoms with van der Waals surface area (Å²) in [5.41, 5.74) is 1.58. The highest BCUT2D eigenvalue weighted by Gasteiger charge is 2.45. The molecule has 6 heteroatoms. The first kappa shape index (κ1) is 16.8. The zero-order valence-corrected chi connectivity index (χ0v) is 15.1. The number of rotatable bonds is 3. The summed E-state index contributed by atoms with van der Waals surface area (Å²) >= 11 is 5.98. The van der Waals surface area contributed by atoms with Crippen LogP contribution in [-0.4, -0.2) is 18.6 Å². The smallest absolute Gasteiger partial charge is 0.268 e. The zero-order valence-electron chi connectivity index (χ0n) is 13.5. The van der Waals surface area contributed by atoms with Gasteiger partial charge in [-0.2, -0.15) is 0 Å². The van der Waals surface area contributed by atoms with Crippen molar-refractivity contribution < 1.29 is 13.2 Å². The summed E-state index contributed by atoms with van der Waals surface area (Å²) < 4.78 is 27.2. The molecule has 3 aromatic rings. The number of sulfonamides is 1. The molecular formula is C20H14ClNO3S. The van der Waals surface area contributed by atoms with Gasteiger partial charge in [0.15, 0.2) is 0 Å². The average Bonchev–Trinajstić information content (AvgIpc) is 2.86. The number of carbonyl (C=O) groups is 1. The first-order valence-corrected chi connectivity index (χ1v) is 9.80. The molecule has 1 amide bonds. The summed E-state index contributed by atoms with van der Waals surface area (Å²) in [4.78, 5) is 13.0. The Labute approximate surface area is 156 Å². The van der Waals surface area contributed by atoms with E-state index in [9.17, 15) is 13.2 Å². The van der Waals surface area contributed by atoms with Crippen LogP contribution in [0, 0.1) is 0 Å². The molecule has 0 saturated heterocycles. The molecule has 1 unspecified atom stereocenters. The molecule has 1 heterocycles. The molecule has 1 aliphatic heterocycles. The summed E-state index contributed by atoms with van der Waals surface area (Å²) in [6, 6.07) is 21.5. The minimum atomic E-state index is -3.95. The Morgan fingerprint density at radius 1 is 0.769 bits per heavy atom. The topological polar surface area (TPSA) is 54.5 Å². The van der Waals surface area contributed by atoms with Crippen LogP contribution < -0.4 is 0 Å². The van der Waals surface area contributed by atoms with Gasteiger partial charge in [-0.1, -0.05) is 66.2 Å². The van der Waals surface area contributed by atoms with Gasteiger partial charge in [-0.05, 0) is 35.4 Å². The molecule has 0 saturated carbocycles. The Balaban J connectivity index is 1.93. The summed E-state index contributed by atoms with van der Waals surface area (Å²) in [6.07, 6.45) is 0. The number of carbonyl (C=O) groups excluding carboxylic acids is 1. The predicted octanol–water partition coefficient (Wildman–Crippen LogP) is 4.27. The highest BCUT2D eigenvalue weighted by molar-refractivity contribution is 7.90. The lowest BCUT2D eigenvalue weighted by atomic mass is 9.98. The third-order valence-corrected chi connectivity index (χ3v) is 6.45. The van der Waals surface area contributed by atoms with Gasteiger partial charge in [0.05, 0.1) is 11.6 Å². The molecule has 0 aromatic heterocycles. The number of hydrogen-bond acceptors (Lipinski definition) is 3. The Kier molecular flexibility index (Phi) is 4.05. The Bertz CT molecular complexity index is 1080. The van der Waals surface area contributed by atoms with E-state index >= 15 is 0 Å². The third-order valence-electron chi connectivity index (χ3n) is 4.39. The Morgan fingerprint density at radius 2 is 1.35 bits per heavy atom. The molecule has 1 atom stereocenters. The molecule has 4 nitrogen and oxygen atoms in total. The van der Waals surface area contributed by atoms with Gasteiger partial charge in [0.2, 0.25) is 0 Å². The van der Waals surface area contributed by atoms with Gasteiger partial charge >= 0.3 is 0 Å². The van der Waals surface area contributed by atoms with Crippen LogP contribution in [0.4, 0.5) is 0 Å². The molecule has 26 heavy (non-hydrogen) atoms. The van der Waals surface area contributed by atoms with E-state index in [0.717, 1.165) is 4.31 Å². The van der Waals surface area contributed by atoms with Crippen LogP contribution in [0.25, 0.3) is 0 Å². The fraction of sp³-hybridized carbons (Fsp3) is 0.0500. The highest BCUT2D eigenvalue weighted by atomic mass is 35.5. The number of benzene rings is 3. The van der Waals surface area contributed by atoms with Crippen LogP contribution in [0.15, 0.2) is 83.8 Å². The minimum Gasteiger partial charge on any atom is -0.268 e. The van der Waals surface area contributed by atoms with E-state index in [-0.39, 0.29) is 10.5 Å².